The second kappa shape index (κ2) is 8.73. The molecular weight excluding hydrogens is 362 g/mol. The molecule has 1 aromatic heterocycles. The van der Waals surface area contributed by atoms with Crippen LogP contribution in [0.4, 0.5) is 5.82 Å². The second-order valence-electron chi connectivity index (χ2n) is 6.26. The molecule has 140 valence electrons. The Labute approximate surface area is 161 Å². The van der Waals surface area contributed by atoms with Crippen LogP contribution in [0, 0.1) is 0 Å². The van der Waals surface area contributed by atoms with Crippen LogP contribution in [0.15, 0.2) is 59.6 Å². The van der Waals surface area contributed by atoms with Crippen LogP contribution in [-0.2, 0) is 14.3 Å². The van der Waals surface area contributed by atoms with E-state index < -0.39 is 5.97 Å². The molecule has 0 saturated carbocycles. The van der Waals surface area contributed by atoms with E-state index >= 15 is 0 Å². The van der Waals surface area contributed by atoms with Crippen LogP contribution in [0.5, 0.6) is 0 Å². The fraction of sp³-hybridized carbons (Fsp3) is 0.250. The number of amides is 1. The SMILES string of the molecule is CC(C)n1nccc1NC(=O)COC(=O)CSc1ccc2ccccc2c1. The highest BCUT2D eigenvalue weighted by molar-refractivity contribution is 8.00. The summed E-state index contributed by atoms with van der Waals surface area (Å²) in [5.41, 5.74) is 0. The second-order valence-corrected chi connectivity index (χ2v) is 7.31. The average molecular weight is 383 g/mol. The molecule has 0 spiro atoms. The van der Waals surface area contributed by atoms with Gasteiger partial charge in [0.05, 0.1) is 11.9 Å². The fourth-order valence-electron chi connectivity index (χ4n) is 2.59. The number of carbonyl (C=O) groups is 2. The third-order valence-corrected chi connectivity index (χ3v) is 4.84. The summed E-state index contributed by atoms with van der Waals surface area (Å²) in [5, 5.41) is 9.11. The summed E-state index contributed by atoms with van der Waals surface area (Å²) in [5.74, 6) is -0.0889. The Morgan fingerprint density at radius 3 is 2.70 bits per heavy atom. The molecule has 0 aliphatic carbocycles. The van der Waals surface area contributed by atoms with Crippen LogP contribution in [0.2, 0.25) is 0 Å². The fourth-order valence-corrected chi connectivity index (χ4v) is 3.33. The van der Waals surface area contributed by atoms with Gasteiger partial charge < -0.3 is 10.1 Å². The lowest BCUT2D eigenvalue weighted by Gasteiger charge is -2.11. The summed E-state index contributed by atoms with van der Waals surface area (Å²) < 4.78 is 6.75. The Morgan fingerprint density at radius 2 is 1.93 bits per heavy atom. The Balaban J connectivity index is 1.46. The maximum absolute atomic E-state index is 12.0. The molecule has 0 atom stereocenters. The lowest BCUT2D eigenvalue weighted by Crippen LogP contribution is -2.23. The van der Waals surface area contributed by atoms with Crippen molar-refractivity contribution in [3.63, 3.8) is 0 Å². The molecule has 1 heterocycles. The highest BCUT2D eigenvalue weighted by Crippen LogP contribution is 2.23. The topological polar surface area (TPSA) is 73.2 Å². The molecule has 0 bridgehead atoms. The molecule has 0 aliphatic heterocycles. The van der Waals surface area contributed by atoms with E-state index in [0.717, 1.165) is 15.7 Å². The zero-order valence-electron chi connectivity index (χ0n) is 15.2. The molecular formula is C20H21N3O3S. The van der Waals surface area contributed by atoms with Gasteiger partial charge in [0, 0.05) is 17.0 Å². The molecule has 0 unspecified atom stereocenters. The Morgan fingerprint density at radius 1 is 1.15 bits per heavy atom. The van der Waals surface area contributed by atoms with E-state index in [1.54, 1.807) is 16.9 Å². The molecule has 0 radical (unpaired) electrons. The Bertz CT molecular complexity index is 952. The number of esters is 1. The van der Waals surface area contributed by atoms with Gasteiger partial charge in [-0.3, -0.25) is 9.59 Å². The van der Waals surface area contributed by atoms with Gasteiger partial charge in [-0.05, 0) is 36.8 Å². The number of fused-ring (bicyclic) bond motifs is 1. The first kappa shape index (κ1) is 19.0. The van der Waals surface area contributed by atoms with E-state index in [1.165, 1.54) is 11.8 Å². The first-order valence-corrected chi connectivity index (χ1v) is 9.62. The summed E-state index contributed by atoms with van der Waals surface area (Å²) in [6, 6.07) is 15.9. The molecule has 2 aromatic carbocycles. The molecule has 7 heteroatoms. The summed E-state index contributed by atoms with van der Waals surface area (Å²) >= 11 is 1.39. The molecule has 1 N–H and O–H groups in total. The van der Waals surface area contributed by atoms with Gasteiger partial charge in [0.2, 0.25) is 0 Å². The average Bonchev–Trinajstić information content (AvgIpc) is 3.13. The molecule has 27 heavy (non-hydrogen) atoms. The number of hydrogen-bond acceptors (Lipinski definition) is 5. The highest BCUT2D eigenvalue weighted by Gasteiger charge is 2.12. The van der Waals surface area contributed by atoms with Crippen molar-refractivity contribution in [2.24, 2.45) is 0 Å². The number of nitrogens with zero attached hydrogens (tertiary/aromatic N) is 2. The van der Waals surface area contributed by atoms with Crippen LogP contribution < -0.4 is 5.32 Å². The van der Waals surface area contributed by atoms with Gasteiger partial charge >= 0.3 is 5.97 Å². The van der Waals surface area contributed by atoms with Crippen molar-refractivity contribution in [2.45, 2.75) is 24.8 Å². The maximum Gasteiger partial charge on any atom is 0.316 e. The number of anilines is 1. The Hall–Kier alpha value is -2.80. The van der Waals surface area contributed by atoms with Crippen LogP contribution >= 0.6 is 11.8 Å². The largest absolute Gasteiger partial charge is 0.455 e. The van der Waals surface area contributed by atoms with Crippen LogP contribution in [0.3, 0.4) is 0 Å². The van der Waals surface area contributed by atoms with E-state index in [0.29, 0.717) is 5.82 Å². The standard InChI is InChI=1S/C20H21N3O3S/c1-14(2)23-18(9-10-21-23)22-19(24)12-26-20(25)13-27-17-8-7-15-5-3-4-6-16(15)11-17/h3-11,14H,12-13H2,1-2H3,(H,22,24). The number of ether oxygens (including phenoxy) is 1. The monoisotopic (exact) mass is 383 g/mol. The minimum Gasteiger partial charge on any atom is -0.455 e. The van der Waals surface area contributed by atoms with Crippen LogP contribution in [0.25, 0.3) is 10.8 Å². The molecule has 0 aliphatic rings. The lowest BCUT2D eigenvalue weighted by molar-refractivity contribution is -0.144. The van der Waals surface area contributed by atoms with Gasteiger partial charge in [0.1, 0.15) is 5.82 Å². The van der Waals surface area contributed by atoms with Gasteiger partial charge in [0.15, 0.2) is 6.61 Å². The van der Waals surface area contributed by atoms with Crippen LogP contribution in [0.1, 0.15) is 19.9 Å². The minimum absolute atomic E-state index is 0.121. The predicted molar refractivity (Wildman–Crippen MR) is 107 cm³/mol. The minimum atomic E-state index is -0.430. The van der Waals surface area contributed by atoms with Gasteiger partial charge in [0.25, 0.3) is 5.91 Å². The van der Waals surface area contributed by atoms with Crippen molar-refractivity contribution in [1.29, 1.82) is 0 Å². The van der Waals surface area contributed by atoms with E-state index in [2.05, 4.69) is 10.4 Å². The third kappa shape index (κ3) is 5.10. The van der Waals surface area contributed by atoms with Gasteiger partial charge in [-0.15, -0.1) is 11.8 Å². The van der Waals surface area contributed by atoms with Crippen molar-refractivity contribution in [3.05, 3.63) is 54.7 Å². The number of nitrogens with one attached hydrogen (secondary N) is 1. The van der Waals surface area contributed by atoms with Crippen molar-refractivity contribution >= 4 is 40.2 Å². The van der Waals surface area contributed by atoms with Gasteiger partial charge in [-0.2, -0.15) is 5.10 Å². The maximum atomic E-state index is 12.0. The third-order valence-electron chi connectivity index (χ3n) is 3.87. The zero-order chi connectivity index (χ0) is 19.2. The summed E-state index contributed by atoms with van der Waals surface area (Å²) in [4.78, 5) is 24.9. The normalized spacial score (nSPS) is 10.9. The molecule has 0 saturated heterocycles. The quantitative estimate of drug-likeness (QED) is 0.495. The summed E-state index contributed by atoms with van der Waals surface area (Å²) in [7, 11) is 0. The number of rotatable bonds is 7. The van der Waals surface area contributed by atoms with Crippen LogP contribution in [-0.4, -0.2) is 34.0 Å². The molecule has 1 amide bonds. The first-order chi connectivity index (χ1) is 13.0. The number of aromatic nitrogens is 2. The molecule has 0 fully saturated rings. The van der Waals surface area contributed by atoms with Crippen molar-refractivity contribution < 1.29 is 14.3 Å². The van der Waals surface area contributed by atoms with E-state index in [-0.39, 0.29) is 24.3 Å². The van der Waals surface area contributed by atoms with Crippen molar-refractivity contribution in [2.75, 3.05) is 17.7 Å². The lowest BCUT2D eigenvalue weighted by atomic mass is 10.1. The van der Waals surface area contributed by atoms with Crippen molar-refractivity contribution in [1.82, 2.24) is 9.78 Å². The van der Waals surface area contributed by atoms with E-state index in [9.17, 15) is 9.59 Å². The van der Waals surface area contributed by atoms with E-state index in [1.807, 2.05) is 56.3 Å². The summed E-state index contributed by atoms with van der Waals surface area (Å²) in [6.45, 7) is 3.61. The molecule has 3 aromatic rings. The Kier molecular flexibility index (Phi) is 6.13. The predicted octanol–water partition coefficient (Wildman–Crippen LogP) is 3.89. The number of benzene rings is 2. The van der Waals surface area contributed by atoms with Crippen molar-refractivity contribution in [3.8, 4) is 0 Å². The number of thioether (sulfide) groups is 1. The highest BCUT2D eigenvalue weighted by atomic mass is 32.2. The summed E-state index contributed by atoms with van der Waals surface area (Å²) in [6.07, 6.45) is 1.61. The van der Waals surface area contributed by atoms with Gasteiger partial charge in [-0.25, -0.2) is 4.68 Å². The van der Waals surface area contributed by atoms with E-state index in [4.69, 9.17) is 4.74 Å². The smallest absolute Gasteiger partial charge is 0.316 e. The number of carbonyl (C=O) groups excluding carboxylic acids is 2. The van der Waals surface area contributed by atoms with Gasteiger partial charge in [-0.1, -0.05) is 30.3 Å². The first-order valence-electron chi connectivity index (χ1n) is 8.63. The molecule has 6 nitrogen and oxygen atoms in total. The zero-order valence-corrected chi connectivity index (χ0v) is 16.0. The molecule has 3 rings (SSSR count). The number of hydrogen-bond donors (Lipinski definition) is 1.